The van der Waals surface area contributed by atoms with Gasteiger partial charge >= 0.3 is 0 Å². The molecule has 4 heteroatoms. The molecule has 4 nitrogen and oxygen atoms in total. The van der Waals surface area contributed by atoms with Crippen molar-refractivity contribution in [2.75, 3.05) is 26.4 Å². The standard InChI is InChI=1S/C14H23NO3/c1-12(2)17-9-7-16-8-10-18-14-6-4-3-5-13(14)11-15/h3-6,12H,7-11,15H2,1-2H3. The van der Waals surface area contributed by atoms with Crippen molar-refractivity contribution >= 4 is 0 Å². The van der Waals surface area contributed by atoms with E-state index in [1.54, 1.807) is 0 Å². The summed E-state index contributed by atoms with van der Waals surface area (Å²) in [4.78, 5) is 0. The maximum absolute atomic E-state index is 5.62. The number of hydrogen-bond acceptors (Lipinski definition) is 4. The van der Waals surface area contributed by atoms with E-state index in [2.05, 4.69) is 0 Å². The quantitative estimate of drug-likeness (QED) is 0.684. The first-order valence-corrected chi connectivity index (χ1v) is 6.34. The van der Waals surface area contributed by atoms with Gasteiger partial charge in [0, 0.05) is 12.1 Å². The molecule has 0 saturated carbocycles. The molecule has 0 fully saturated rings. The highest BCUT2D eigenvalue weighted by molar-refractivity contribution is 5.32. The smallest absolute Gasteiger partial charge is 0.123 e. The van der Waals surface area contributed by atoms with E-state index in [4.69, 9.17) is 19.9 Å². The van der Waals surface area contributed by atoms with E-state index in [-0.39, 0.29) is 6.10 Å². The molecule has 1 aromatic rings. The van der Waals surface area contributed by atoms with Crippen LogP contribution in [0.15, 0.2) is 24.3 Å². The second-order valence-corrected chi connectivity index (χ2v) is 4.19. The van der Waals surface area contributed by atoms with E-state index < -0.39 is 0 Å². The summed E-state index contributed by atoms with van der Waals surface area (Å²) in [7, 11) is 0. The molecule has 0 aliphatic rings. The van der Waals surface area contributed by atoms with E-state index in [0.29, 0.717) is 33.0 Å². The Kier molecular flexibility index (Phi) is 7.41. The van der Waals surface area contributed by atoms with Crippen LogP contribution in [0.1, 0.15) is 19.4 Å². The molecule has 0 atom stereocenters. The molecular formula is C14H23NO3. The van der Waals surface area contributed by atoms with Crippen molar-refractivity contribution in [2.45, 2.75) is 26.5 Å². The molecule has 0 aromatic heterocycles. The van der Waals surface area contributed by atoms with Gasteiger partial charge in [-0.2, -0.15) is 0 Å². The Bertz CT molecular complexity index is 329. The third-order valence-electron chi connectivity index (χ3n) is 2.36. The van der Waals surface area contributed by atoms with Crippen LogP contribution in [0.5, 0.6) is 5.75 Å². The van der Waals surface area contributed by atoms with Crippen LogP contribution in [0.2, 0.25) is 0 Å². The number of nitrogens with two attached hydrogens (primary N) is 1. The summed E-state index contributed by atoms with van der Waals surface area (Å²) in [5.41, 5.74) is 6.64. The molecular weight excluding hydrogens is 230 g/mol. The largest absolute Gasteiger partial charge is 0.491 e. The number of rotatable bonds is 9. The summed E-state index contributed by atoms with van der Waals surface area (Å²) < 4.78 is 16.4. The highest BCUT2D eigenvalue weighted by atomic mass is 16.5. The van der Waals surface area contributed by atoms with Crippen molar-refractivity contribution in [1.82, 2.24) is 0 Å². The van der Waals surface area contributed by atoms with Gasteiger partial charge in [0.05, 0.1) is 25.9 Å². The van der Waals surface area contributed by atoms with Crippen molar-refractivity contribution in [3.05, 3.63) is 29.8 Å². The van der Waals surface area contributed by atoms with Crippen LogP contribution in [0.25, 0.3) is 0 Å². The fourth-order valence-corrected chi connectivity index (χ4v) is 1.47. The average Bonchev–Trinajstić information content (AvgIpc) is 2.37. The molecule has 1 rings (SSSR count). The molecule has 0 saturated heterocycles. The fourth-order valence-electron chi connectivity index (χ4n) is 1.47. The molecule has 0 amide bonds. The molecule has 0 aliphatic carbocycles. The SMILES string of the molecule is CC(C)OCCOCCOc1ccccc1CN. The van der Waals surface area contributed by atoms with Gasteiger partial charge in [-0.05, 0) is 19.9 Å². The van der Waals surface area contributed by atoms with Gasteiger partial charge in [-0.1, -0.05) is 18.2 Å². The van der Waals surface area contributed by atoms with Gasteiger partial charge < -0.3 is 19.9 Å². The highest BCUT2D eigenvalue weighted by Gasteiger charge is 2.00. The van der Waals surface area contributed by atoms with Gasteiger partial charge in [-0.3, -0.25) is 0 Å². The topological polar surface area (TPSA) is 53.7 Å². The van der Waals surface area contributed by atoms with Crippen molar-refractivity contribution < 1.29 is 14.2 Å². The lowest BCUT2D eigenvalue weighted by molar-refractivity contribution is 0.0124. The summed E-state index contributed by atoms with van der Waals surface area (Å²) in [5, 5.41) is 0. The van der Waals surface area contributed by atoms with Gasteiger partial charge in [-0.25, -0.2) is 0 Å². The number of benzene rings is 1. The predicted molar refractivity (Wildman–Crippen MR) is 71.7 cm³/mol. The van der Waals surface area contributed by atoms with E-state index in [1.807, 2.05) is 38.1 Å². The van der Waals surface area contributed by atoms with Gasteiger partial charge in [0.2, 0.25) is 0 Å². The molecule has 0 spiro atoms. The Morgan fingerprint density at radius 2 is 1.78 bits per heavy atom. The molecule has 1 aromatic carbocycles. The third kappa shape index (κ3) is 6.00. The van der Waals surface area contributed by atoms with Crippen molar-refractivity contribution in [3.8, 4) is 5.75 Å². The van der Waals surface area contributed by atoms with Gasteiger partial charge in [0.15, 0.2) is 0 Å². The summed E-state index contributed by atoms with van der Waals surface area (Å²) in [6.45, 7) is 6.80. The number of hydrogen-bond donors (Lipinski definition) is 1. The zero-order valence-electron chi connectivity index (χ0n) is 11.2. The van der Waals surface area contributed by atoms with Crippen LogP contribution in [0.4, 0.5) is 0 Å². The van der Waals surface area contributed by atoms with Gasteiger partial charge in [-0.15, -0.1) is 0 Å². The second-order valence-electron chi connectivity index (χ2n) is 4.19. The molecule has 0 radical (unpaired) electrons. The van der Waals surface area contributed by atoms with Crippen LogP contribution in [0, 0.1) is 0 Å². The number of para-hydroxylation sites is 1. The Morgan fingerprint density at radius 1 is 1.06 bits per heavy atom. The van der Waals surface area contributed by atoms with Crippen LogP contribution < -0.4 is 10.5 Å². The maximum atomic E-state index is 5.62. The summed E-state index contributed by atoms with van der Waals surface area (Å²) in [5.74, 6) is 0.835. The third-order valence-corrected chi connectivity index (χ3v) is 2.36. The Balaban J connectivity index is 2.10. The average molecular weight is 253 g/mol. The summed E-state index contributed by atoms with van der Waals surface area (Å²) in [6.07, 6.45) is 0.251. The summed E-state index contributed by atoms with van der Waals surface area (Å²) >= 11 is 0. The highest BCUT2D eigenvalue weighted by Crippen LogP contribution is 2.16. The first kappa shape index (κ1) is 15.0. The van der Waals surface area contributed by atoms with Crippen molar-refractivity contribution in [1.29, 1.82) is 0 Å². The zero-order chi connectivity index (χ0) is 13.2. The second kappa shape index (κ2) is 8.91. The lowest BCUT2D eigenvalue weighted by Gasteiger charge is -2.11. The minimum Gasteiger partial charge on any atom is -0.491 e. The van der Waals surface area contributed by atoms with E-state index in [1.165, 1.54) is 0 Å². The zero-order valence-corrected chi connectivity index (χ0v) is 11.2. The number of ether oxygens (including phenoxy) is 3. The Labute approximate surface area is 109 Å². The van der Waals surface area contributed by atoms with E-state index in [0.717, 1.165) is 11.3 Å². The van der Waals surface area contributed by atoms with Crippen molar-refractivity contribution in [3.63, 3.8) is 0 Å². The van der Waals surface area contributed by atoms with Gasteiger partial charge in [0.25, 0.3) is 0 Å². The minimum atomic E-state index is 0.251. The molecule has 18 heavy (non-hydrogen) atoms. The first-order chi connectivity index (χ1) is 8.74. The van der Waals surface area contributed by atoms with Crippen LogP contribution >= 0.6 is 0 Å². The predicted octanol–water partition coefficient (Wildman–Crippen LogP) is 1.97. The fraction of sp³-hybridized carbons (Fsp3) is 0.571. The van der Waals surface area contributed by atoms with Crippen LogP contribution in [0.3, 0.4) is 0 Å². The lowest BCUT2D eigenvalue weighted by Crippen LogP contribution is -2.13. The molecule has 2 N–H and O–H groups in total. The lowest BCUT2D eigenvalue weighted by atomic mass is 10.2. The maximum Gasteiger partial charge on any atom is 0.123 e. The first-order valence-electron chi connectivity index (χ1n) is 6.34. The molecule has 0 aliphatic heterocycles. The Hall–Kier alpha value is -1.10. The monoisotopic (exact) mass is 253 g/mol. The van der Waals surface area contributed by atoms with E-state index in [9.17, 15) is 0 Å². The van der Waals surface area contributed by atoms with Crippen LogP contribution in [-0.4, -0.2) is 32.5 Å². The van der Waals surface area contributed by atoms with E-state index >= 15 is 0 Å². The minimum absolute atomic E-state index is 0.251. The Morgan fingerprint density at radius 3 is 2.50 bits per heavy atom. The van der Waals surface area contributed by atoms with Crippen LogP contribution in [-0.2, 0) is 16.0 Å². The molecule has 102 valence electrons. The molecule has 0 unspecified atom stereocenters. The van der Waals surface area contributed by atoms with Gasteiger partial charge in [0.1, 0.15) is 12.4 Å². The molecule has 0 heterocycles. The normalized spacial score (nSPS) is 10.9. The summed E-state index contributed by atoms with van der Waals surface area (Å²) in [6, 6.07) is 7.78. The van der Waals surface area contributed by atoms with Crippen molar-refractivity contribution in [2.24, 2.45) is 5.73 Å². The molecule has 0 bridgehead atoms.